The number of hydrogen-bond donors (Lipinski definition) is 1. The van der Waals surface area contributed by atoms with E-state index in [0.717, 1.165) is 12.8 Å². The molecule has 0 amide bonds. The van der Waals surface area contributed by atoms with Crippen LogP contribution in [0.5, 0.6) is 11.6 Å². The lowest BCUT2D eigenvalue weighted by Gasteiger charge is -2.11. The minimum Gasteiger partial charge on any atom is -0.494 e. The van der Waals surface area contributed by atoms with Gasteiger partial charge in [-0.05, 0) is 31.5 Å². The molecular formula is C21H21ClN4O3. The third-order valence-corrected chi connectivity index (χ3v) is 5.07. The Morgan fingerprint density at radius 2 is 2.07 bits per heavy atom. The highest BCUT2D eigenvalue weighted by atomic mass is 35.5. The van der Waals surface area contributed by atoms with Crippen LogP contribution in [0.1, 0.15) is 25.5 Å². The fourth-order valence-corrected chi connectivity index (χ4v) is 3.49. The van der Waals surface area contributed by atoms with Gasteiger partial charge < -0.3 is 14.5 Å². The van der Waals surface area contributed by atoms with Crippen LogP contribution in [0.2, 0.25) is 5.02 Å². The molecule has 0 saturated heterocycles. The molecule has 0 radical (unpaired) electrons. The summed E-state index contributed by atoms with van der Waals surface area (Å²) in [5.41, 5.74) is 2.72. The molecule has 1 aromatic carbocycles. The highest BCUT2D eigenvalue weighted by molar-refractivity contribution is 6.32. The molecule has 0 aliphatic carbocycles. The van der Waals surface area contributed by atoms with Gasteiger partial charge in [0.15, 0.2) is 0 Å². The lowest BCUT2D eigenvalue weighted by atomic mass is 10.2. The van der Waals surface area contributed by atoms with Gasteiger partial charge in [0.05, 0.1) is 41.0 Å². The Morgan fingerprint density at radius 1 is 1.24 bits per heavy atom. The van der Waals surface area contributed by atoms with Crippen molar-refractivity contribution in [3.63, 3.8) is 0 Å². The lowest BCUT2D eigenvalue weighted by Crippen LogP contribution is -2.08. The fraction of sp³-hybridized carbons (Fsp3) is 0.286. The number of nitrogens with one attached hydrogen (secondary N) is 1. The topological polar surface area (TPSA) is 82.0 Å². The molecular weight excluding hydrogens is 392 g/mol. The van der Waals surface area contributed by atoms with Gasteiger partial charge in [0.25, 0.3) is 5.56 Å². The van der Waals surface area contributed by atoms with E-state index in [1.807, 2.05) is 12.1 Å². The summed E-state index contributed by atoms with van der Waals surface area (Å²) in [6.07, 6.45) is 2.01. The van der Waals surface area contributed by atoms with Crippen LogP contribution < -0.4 is 15.0 Å². The number of benzene rings is 1. The minimum atomic E-state index is -0.227. The smallest absolute Gasteiger partial charge is 0.259 e. The zero-order valence-corrected chi connectivity index (χ0v) is 17.2. The van der Waals surface area contributed by atoms with Gasteiger partial charge in [-0.2, -0.15) is 5.10 Å². The monoisotopic (exact) mass is 412 g/mol. The van der Waals surface area contributed by atoms with Crippen LogP contribution in [-0.2, 0) is 0 Å². The van der Waals surface area contributed by atoms with Crippen molar-refractivity contribution < 1.29 is 9.47 Å². The van der Waals surface area contributed by atoms with Crippen molar-refractivity contribution in [3.8, 4) is 17.3 Å². The highest BCUT2D eigenvalue weighted by Gasteiger charge is 2.19. The van der Waals surface area contributed by atoms with Crippen molar-refractivity contribution >= 4 is 33.5 Å². The fourth-order valence-electron chi connectivity index (χ4n) is 3.29. The number of pyridine rings is 2. The second-order valence-corrected chi connectivity index (χ2v) is 7.15. The van der Waals surface area contributed by atoms with Crippen LogP contribution >= 0.6 is 11.6 Å². The van der Waals surface area contributed by atoms with Crippen LogP contribution in [0.15, 0.2) is 35.1 Å². The molecule has 4 aromatic rings. The molecule has 4 rings (SSSR count). The maximum Gasteiger partial charge on any atom is 0.259 e. The number of fused-ring (bicyclic) bond motifs is 3. The Bertz CT molecular complexity index is 1260. The van der Waals surface area contributed by atoms with Gasteiger partial charge in [0.1, 0.15) is 16.8 Å². The lowest BCUT2D eigenvalue weighted by molar-refractivity contribution is 0.309. The van der Waals surface area contributed by atoms with Crippen LogP contribution in [-0.4, -0.2) is 33.5 Å². The standard InChI is InChI=1S/C21H21ClN4O3/c1-4-5-10-29-13-6-7-14(22)16(11-13)26-20-18(12(2)25-26)21(27)23-15-8-9-17(28-3)24-19(15)20/h6-9,11H,4-5,10H2,1-3H3,(H,23,27). The van der Waals surface area contributed by atoms with Crippen molar-refractivity contribution in [2.45, 2.75) is 26.7 Å². The number of halogens is 1. The average molecular weight is 413 g/mol. The maximum absolute atomic E-state index is 12.7. The Hall–Kier alpha value is -3.06. The molecule has 0 spiro atoms. The summed E-state index contributed by atoms with van der Waals surface area (Å²) in [7, 11) is 1.55. The van der Waals surface area contributed by atoms with E-state index in [0.29, 0.717) is 56.6 Å². The van der Waals surface area contributed by atoms with Gasteiger partial charge in [-0.25, -0.2) is 9.67 Å². The number of methoxy groups -OCH3 is 1. The molecule has 0 aliphatic heterocycles. The molecule has 7 nitrogen and oxygen atoms in total. The van der Waals surface area contributed by atoms with Gasteiger partial charge in [0, 0.05) is 12.1 Å². The number of unbranched alkanes of at least 4 members (excludes halogenated alkanes) is 1. The van der Waals surface area contributed by atoms with Gasteiger partial charge in [-0.15, -0.1) is 0 Å². The number of hydrogen-bond acceptors (Lipinski definition) is 5. The number of rotatable bonds is 6. The van der Waals surface area contributed by atoms with Crippen molar-refractivity contribution in [2.24, 2.45) is 0 Å². The Balaban J connectivity index is 1.99. The molecule has 0 saturated carbocycles. The Morgan fingerprint density at radius 3 is 2.83 bits per heavy atom. The summed E-state index contributed by atoms with van der Waals surface area (Å²) in [5.74, 6) is 1.14. The SMILES string of the molecule is CCCCOc1ccc(Cl)c(-n2nc(C)c3c(=O)[nH]c4ccc(OC)nc4c32)c1. The van der Waals surface area contributed by atoms with Crippen molar-refractivity contribution in [1.29, 1.82) is 0 Å². The van der Waals surface area contributed by atoms with E-state index in [2.05, 4.69) is 22.0 Å². The third-order valence-electron chi connectivity index (χ3n) is 4.75. The van der Waals surface area contributed by atoms with Crippen molar-refractivity contribution in [1.82, 2.24) is 19.7 Å². The number of H-pyrrole nitrogens is 1. The quantitative estimate of drug-likeness (QED) is 0.474. The first-order chi connectivity index (χ1) is 14.0. The number of aromatic nitrogens is 4. The van der Waals surface area contributed by atoms with Crippen molar-refractivity contribution in [2.75, 3.05) is 13.7 Å². The second kappa shape index (κ2) is 7.75. The van der Waals surface area contributed by atoms with Crippen molar-refractivity contribution in [3.05, 3.63) is 51.4 Å². The summed E-state index contributed by atoms with van der Waals surface area (Å²) in [4.78, 5) is 20.1. The molecule has 150 valence electrons. The summed E-state index contributed by atoms with van der Waals surface area (Å²) in [6, 6.07) is 8.89. The number of nitrogens with zero attached hydrogens (tertiary/aromatic N) is 3. The normalized spacial score (nSPS) is 11.3. The minimum absolute atomic E-state index is 0.227. The van der Waals surface area contributed by atoms with E-state index in [-0.39, 0.29) is 5.56 Å². The first-order valence-electron chi connectivity index (χ1n) is 9.42. The van der Waals surface area contributed by atoms with Crippen LogP contribution in [0.25, 0.3) is 27.6 Å². The second-order valence-electron chi connectivity index (χ2n) is 6.74. The first-order valence-corrected chi connectivity index (χ1v) is 9.80. The van der Waals surface area contributed by atoms with E-state index in [9.17, 15) is 4.79 Å². The van der Waals surface area contributed by atoms with Gasteiger partial charge in [-0.3, -0.25) is 4.79 Å². The van der Waals surface area contributed by atoms with Crippen LogP contribution in [0.3, 0.4) is 0 Å². The molecule has 0 bridgehead atoms. The summed E-state index contributed by atoms with van der Waals surface area (Å²) in [6.45, 7) is 4.52. The summed E-state index contributed by atoms with van der Waals surface area (Å²) >= 11 is 6.50. The predicted molar refractivity (Wildman–Crippen MR) is 114 cm³/mol. The third kappa shape index (κ3) is 3.42. The molecule has 0 aliphatic rings. The predicted octanol–water partition coefficient (Wildman–Crippen LogP) is 4.41. The van der Waals surface area contributed by atoms with E-state index < -0.39 is 0 Å². The van der Waals surface area contributed by atoms with Crippen LogP contribution in [0.4, 0.5) is 0 Å². The molecule has 0 atom stereocenters. The highest BCUT2D eigenvalue weighted by Crippen LogP contribution is 2.31. The van der Waals surface area contributed by atoms with Gasteiger partial charge in [0.2, 0.25) is 5.88 Å². The largest absolute Gasteiger partial charge is 0.494 e. The summed E-state index contributed by atoms with van der Waals surface area (Å²) < 4.78 is 12.8. The van der Waals surface area contributed by atoms with E-state index in [1.165, 1.54) is 0 Å². The zero-order chi connectivity index (χ0) is 20.5. The zero-order valence-electron chi connectivity index (χ0n) is 16.5. The number of aryl methyl sites for hydroxylation is 1. The molecule has 0 unspecified atom stereocenters. The summed E-state index contributed by atoms with van der Waals surface area (Å²) in [5, 5.41) is 5.56. The molecule has 29 heavy (non-hydrogen) atoms. The molecule has 3 aromatic heterocycles. The molecule has 1 N–H and O–H groups in total. The molecule has 8 heteroatoms. The number of ether oxygens (including phenoxy) is 2. The molecule has 3 heterocycles. The van der Waals surface area contributed by atoms with Gasteiger partial charge >= 0.3 is 0 Å². The Kier molecular flexibility index (Phi) is 5.15. The van der Waals surface area contributed by atoms with E-state index in [4.69, 9.17) is 21.1 Å². The number of aromatic amines is 1. The van der Waals surface area contributed by atoms with E-state index in [1.54, 1.807) is 36.9 Å². The first kappa shape index (κ1) is 19.3. The maximum atomic E-state index is 12.7. The van der Waals surface area contributed by atoms with E-state index >= 15 is 0 Å². The molecule has 0 fully saturated rings. The van der Waals surface area contributed by atoms with Gasteiger partial charge in [-0.1, -0.05) is 24.9 Å². The average Bonchev–Trinajstić information content (AvgIpc) is 3.07. The van der Waals surface area contributed by atoms with Crippen LogP contribution in [0, 0.1) is 6.92 Å². The Labute approximate surface area is 172 Å².